The van der Waals surface area contributed by atoms with Crippen molar-refractivity contribution in [2.75, 3.05) is 19.0 Å². The number of anilines is 1. The highest BCUT2D eigenvalue weighted by Gasteiger charge is 2.11. The van der Waals surface area contributed by atoms with Crippen LogP contribution in [0.2, 0.25) is 10.0 Å². The lowest BCUT2D eigenvalue weighted by molar-refractivity contribution is -0.119. The lowest BCUT2D eigenvalue weighted by Crippen LogP contribution is -2.20. The third-order valence-corrected chi connectivity index (χ3v) is 3.36. The van der Waals surface area contributed by atoms with Gasteiger partial charge in [-0.1, -0.05) is 29.3 Å². The van der Waals surface area contributed by atoms with Gasteiger partial charge >= 0.3 is 5.97 Å². The van der Waals surface area contributed by atoms with Gasteiger partial charge in [-0.05, 0) is 36.4 Å². The van der Waals surface area contributed by atoms with E-state index in [0.29, 0.717) is 21.5 Å². The molecule has 0 aliphatic carbocycles. The average molecular weight is 354 g/mol. The number of halogens is 2. The van der Waals surface area contributed by atoms with Crippen LogP contribution in [0.15, 0.2) is 42.5 Å². The maximum Gasteiger partial charge on any atom is 0.338 e. The SMILES string of the molecule is COc1ccc(NC(=O)COC(=O)c2cccc(Cl)c2)cc1Cl. The predicted octanol–water partition coefficient (Wildman–Crippen LogP) is 3.80. The third kappa shape index (κ3) is 4.87. The first-order valence-corrected chi connectivity index (χ1v) is 7.31. The Bertz CT molecular complexity index is 734. The zero-order valence-electron chi connectivity index (χ0n) is 12.1. The summed E-state index contributed by atoms with van der Waals surface area (Å²) in [7, 11) is 1.49. The van der Waals surface area contributed by atoms with Crippen molar-refractivity contribution in [1.82, 2.24) is 0 Å². The van der Waals surface area contributed by atoms with Gasteiger partial charge in [0.25, 0.3) is 5.91 Å². The topological polar surface area (TPSA) is 64.6 Å². The number of hydrogen-bond acceptors (Lipinski definition) is 4. The zero-order valence-corrected chi connectivity index (χ0v) is 13.6. The standard InChI is InChI=1S/C16H13Cl2NO4/c1-22-14-6-5-12(8-13(14)18)19-15(20)9-23-16(21)10-3-2-4-11(17)7-10/h2-8H,9H2,1H3,(H,19,20). The Hall–Kier alpha value is -2.24. The summed E-state index contributed by atoms with van der Waals surface area (Å²) in [4.78, 5) is 23.6. The number of carbonyl (C=O) groups excluding carboxylic acids is 2. The number of methoxy groups -OCH3 is 1. The maximum absolute atomic E-state index is 11.8. The fraction of sp³-hybridized carbons (Fsp3) is 0.125. The Morgan fingerprint density at radius 3 is 2.57 bits per heavy atom. The van der Waals surface area contributed by atoms with Crippen molar-refractivity contribution in [3.63, 3.8) is 0 Å². The summed E-state index contributed by atoms with van der Waals surface area (Å²) in [6, 6.07) is 11.1. The van der Waals surface area contributed by atoms with Crippen molar-refractivity contribution in [2.24, 2.45) is 0 Å². The Labute approximate surface area is 143 Å². The maximum atomic E-state index is 11.8. The molecule has 5 nitrogen and oxygen atoms in total. The minimum absolute atomic E-state index is 0.276. The number of amides is 1. The summed E-state index contributed by atoms with van der Waals surface area (Å²) in [5.74, 6) is -0.617. The number of benzene rings is 2. The van der Waals surface area contributed by atoms with E-state index >= 15 is 0 Å². The first kappa shape index (κ1) is 17.1. The first-order valence-electron chi connectivity index (χ1n) is 6.55. The number of nitrogens with one attached hydrogen (secondary N) is 1. The van der Waals surface area contributed by atoms with Crippen molar-refractivity contribution in [2.45, 2.75) is 0 Å². The molecule has 0 aromatic heterocycles. The van der Waals surface area contributed by atoms with Crippen LogP contribution >= 0.6 is 23.2 Å². The van der Waals surface area contributed by atoms with Gasteiger partial charge in [-0.2, -0.15) is 0 Å². The number of rotatable bonds is 5. The van der Waals surface area contributed by atoms with E-state index in [2.05, 4.69) is 5.32 Å². The summed E-state index contributed by atoms with van der Waals surface area (Å²) >= 11 is 11.7. The lowest BCUT2D eigenvalue weighted by atomic mass is 10.2. The van der Waals surface area contributed by atoms with Crippen molar-refractivity contribution in [3.8, 4) is 5.75 Å². The van der Waals surface area contributed by atoms with E-state index in [1.165, 1.54) is 19.2 Å². The molecule has 1 amide bonds. The quantitative estimate of drug-likeness (QED) is 0.830. The molecule has 0 aliphatic rings. The van der Waals surface area contributed by atoms with E-state index in [-0.39, 0.29) is 5.56 Å². The monoisotopic (exact) mass is 353 g/mol. The van der Waals surface area contributed by atoms with Crippen molar-refractivity contribution >= 4 is 40.8 Å². The van der Waals surface area contributed by atoms with Crippen molar-refractivity contribution < 1.29 is 19.1 Å². The Kier molecular flexibility index (Phi) is 5.84. The van der Waals surface area contributed by atoms with Crippen LogP contribution in [0.25, 0.3) is 0 Å². The molecule has 0 saturated heterocycles. The van der Waals surface area contributed by atoms with Crippen LogP contribution in [0.5, 0.6) is 5.75 Å². The number of esters is 1. The minimum atomic E-state index is -0.629. The van der Waals surface area contributed by atoms with Gasteiger partial charge in [0.2, 0.25) is 0 Å². The molecule has 0 bridgehead atoms. The second-order valence-corrected chi connectivity index (χ2v) is 5.33. The van der Waals surface area contributed by atoms with Gasteiger partial charge in [-0.3, -0.25) is 4.79 Å². The summed E-state index contributed by atoms with van der Waals surface area (Å²) in [6.07, 6.45) is 0. The molecule has 0 spiro atoms. The molecule has 0 saturated carbocycles. The third-order valence-electron chi connectivity index (χ3n) is 2.83. The number of ether oxygens (including phenoxy) is 2. The van der Waals surface area contributed by atoms with Gasteiger partial charge in [-0.15, -0.1) is 0 Å². The largest absolute Gasteiger partial charge is 0.495 e. The van der Waals surface area contributed by atoms with E-state index < -0.39 is 18.5 Å². The highest BCUT2D eigenvalue weighted by Crippen LogP contribution is 2.27. The van der Waals surface area contributed by atoms with Gasteiger partial charge in [0.1, 0.15) is 5.75 Å². The zero-order chi connectivity index (χ0) is 16.8. The molecular weight excluding hydrogens is 341 g/mol. The van der Waals surface area contributed by atoms with Gasteiger partial charge in [0.05, 0.1) is 17.7 Å². The van der Waals surface area contributed by atoms with Crippen LogP contribution in [0, 0.1) is 0 Å². The molecule has 1 N–H and O–H groups in total. The van der Waals surface area contributed by atoms with Gasteiger partial charge in [0, 0.05) is 10.7 Å². The minimum Gasteiger partial charge on any atom is -0.495 e. The fourth-order valence-corrected chi connectivity index (χ4v) is 2.22. The molecule has 0 atom stereocenters. The summed E-state index contributed by atoms with van der Waals surface area (Å²) in [5, 5.41) is 3.35. The molecule has 7 heteroatoms. The molecule has 0 radical (unpaired) electrons. The summed E-state index contributed by atoms with van der Waals surface area (Å²) in [5.41, 5.74) is 0.748. The first-order chi connectivity index (χ1) is 11.0. The lowest BCUT2D eigenvalue weighted by Gasteiger charge is -2.08. The number of hydrogen-bond donors (Lipinski definition) is 1. The van der Waals surface area contributed by atoms with Crippen LogP contribution < -0.4 is 10.1 Å². The van der Waals surface area contributed by atoms with Gasteiger partial charge < -0.3 is 14.8 Å². The van der Waals surface area contributed by atoms with E-state index in [1.807, 2.05) is 0 Å². The van der Waals surface area contributed by atoms with Crippen LogP contribution in [-0.2, 0) is 9.53 Å². The van der Waals surface area contributed by atoms with E-state index in [4.69, 9.17) is 32.7 Å². The molecule has 120 valence electrons. The normalized spacial score (nSPS) is 10.0. The Morgan fingerprint density at radius 1 is 1.13 bits per heavy atom. The Morgan fingerprint density at radius 2 is 1.91 bits per heavy atom. The highest BCUT2D eigenvalue weighted by atomic mass is 35.5. The van der Waals surface area contributed by atoms with Gasteiger partial charge in [-0.25, -0.2) is 4.79 Å². The molecule has 0 unspecified atom stereocenters. The second kappa shape index (κ2) is 7.85. The smallest absolute Gasteiger partial charge is 0.338 e. The summed E-state index contributed by atoms with van der Waals surface area (Å²) < 4.78 is 9.94. The Balaban J connectivity index is 1.90. The van der Waals surface area contributed by atoms with E-state index in [1.54, 1.807) is 30.3 Å². The average Bonchev–Trinajstić information content (AvgIpc) is 2.53. The van der Waals surface area contributed by atoms with Crippen molar-refractivity contribution in [1.29, 1.82) is 0 Å². The van der Waals surface area contributed by atoms with Crippen LogP contribution in [-0.4, -0.2) is 25.6 Å². The molecule has 23 heavy (non-hydrogen) atoms. The molecular formula is C16H13Cl2NO4. The second-order valence-electron chi connectivity index (χ2n) is 4.48. The van der Waals surface area contributed by atoms with Crippen LogP contribution in [0.1, 0.15) is 10.4 Å². The molecule has 2 aromatic rings. The van der Waals surface area contributed by atoms with Gasteiger partial charge in [0.15, 0.2) is 6.61 Å². The fourth-order valence-electron chi connectivity index (χ4n) is 1.77. The highest BCUT2D eigenvalue weighted by molar-refractivity contribution is 6.32. The predicted molar refractivity (Wildman–Crippen MR) is 88.4 cm³/mol. The van der Waals surface area contributed by atoms with Crippen LogP contribution in [0.3, 0.4) is 0 Å². The molecule has 0 heterocycles. The molecule has 2 rings (SSSR count). The van der Waals surface area contributed by atoms with E-state index in [0.717, 1.165) is 0 Å². The van der Waals surface area contributed by atoms with Crippen molar-refractivity contribution in [3.05, 3.63) is 58.1 Å². The molecule has 0 fully saturated rings. The summed E-state index contributed by atoms with van der Waals surface area (Å²) in [6.45, 7) is -0.422. The van der Waals surface area contributed by atoms with E-state index in [9.17, 15) is 9.59 Å². The molecule has 2 aromatic carbocycles. The number of carbonyl (C=O) groups is 2. The van der Waals surface area contributed by atoms with Crippen LogP contribution in [0.4, 0.5) is 5.69 Å². The molecule has 0 aliphatic heterocycles.